The van der Waals surface area contributed by atoms with Gasteiger partial charge in [0.05, 0.1) is 12.6 Å². The number of hydrogen-bond donors (Lipinski definition) is 7. The lowest BCUT2D eigenvalue weighted by Gasteiger charge is -2.21. The van der Waals surface area contributed by atoms with Crippen molar-refractivity contribution < 1.29 is 29.4 Å². The van der Waals surface area contributed by atoms with E-state index >= 15 is 0 Å². The number of nitrogens with one attached hydrogen (secondary N) is 3. The Morgan fingerprint density at radius 2 is 1.50 bits per heavy atom. The number of amides is 3. The molecule has 4 atom stereocenters. The predicted octanol–water partition coefficient (Wildman–Crippen LogP) is -2.99. The van der Waals surface area contributed by atoms with E-state index in [1.807, 2.05) is 0 Å². The van der Waals surface area contributed by atoms with Crippen molar-refractivity contribution in [2.75, 3.05) is 13.2 Å². The van der Waals surface area contributed by atoms with E-state index in [1.165, 1.54) is 13.8 Å². The summed E-state index contributed by atoms with van der Waals surface area (Å²) >= 11 is 0. The number of rotatable bonds is 12. The first-order valence-electron chi connectivity index (χ1n) is 8.34. The van der Waals surface area contributed by atoms with Crippen molar-refractivity contribution in [1.29, 1.82) is 0 Å². The molecule has 9 N–H and O–H groups in total. The van der Waals surface area contributed by atoms with Crippen LogP contribution in [0.5, 0.6) is 0 Å². The molecule has 0 aromatic rings. The number of hydrogen-bond acceptors (Lipinski definition) is 7. The quantitative estimate of drug-likeness (QED) is 0.175. The summed E-state index contributed by atoms with van der Waals surface area (Å²) in [5, 5.41) is 24.9. The van der Waals surface area contributed by atoms with Crippen molar-refractivity contribution in [2.24, 2.45) is 11.5 Å². The van der Waals surface area contributed by atoms with E-state index in [1.54, 1.807) is 0 Å². The average molecular weight is 375 g/mol. The molecule has 0 saturated heterocycles. The fraction of sp³-hybridized carbons (Fsp3) is 0.733. The van der Waals surface area contributed by atoms with Gasteiger partial charge in [-0.1, -0.05) is 6.42 Å². The van der Waals surface area contributed by atoms with Crippen LogP contribution in [0.3, 0.4) is 0 Å². The molecule has 0 aromatic heterocycles. The predicted molar refractivity (Wildman–Crippen MR) is 92.7 cm³/mol. The van der Waals surface area contributed by atoms with Gasteiger partial charge in [-0.15, -0.1) is 0 Å². The summed E-state index contributed by atoms with van der Waals surface area (Å²) in [6.07, 6.45) is 1.75. The molecule has 0 saturated carbocycles. The van der Waals surface area contributed by atoms with Gasteiger partial charge in [-0.2, -0.15) is 0 Å². The second-order valence-corrected chi connectivity index (χ2v) is 5.93. The van der Waals surface area contributed by atoms with E-state index in [-0.39, 0.29) is 0 Å². The number of nitrogens with two attached hydrogens (primary N) is 2. The standard InChI is InChI=1S/C15H29N5O6/c1-8(12(22)19-9(2)15(25)26)18-14(24)11(7-21)20-13(23)10(17)5-3-4-6-16/h8-11,21H,3-7,16-17H2,1-2H3,(H,18,24)(H,19,22)(H,20,23)(H,25,26). The zero-order chi connectivity index (χ0) is 20.3. The number of carboxylic acids is 1. The molecule has 3 amide bonds. The number of aliphatic carboxylic acids is 1. The highest BCUT2D eigenvalue weighted by molar-refractivity contribution is 5.93. The monoisotopic (exact) mass is 375 g/mol. The molecule has 11 heteroatoms. The normalized spacial score (nSPS) is 15.3. The molecule has 0 fully saturated rings. The molecule has 0 aromatic carbocycles. The fourth-order valence-electron chi connectivity index (χ4n) is 1.89. The van der Waals surface area contributed by atoms with Crippen molar-refractivity contribution in [2.45, 2.75) is 57.3 Å². The van der Waals surface area contributed by atoms with Gasteiger partial charge < -0.3 is 37.6 Å². The molecule has 0 radical (unpaired) electrons. The van der Waals surface area contributed by atoms with Crippen LogP contribution in [0, 0.1) is 0 Å². The molecule has 0 aliphatic heterocycles. The summed E-state index contributed by atoms with van der Waals surface area (Å²) in [6, 6.07) is -4.31. The summed E-state index contributed by atoms with van der Waals surface area (Å²) in [5.41, 5.74) is 11.1. The van der Waals surface area contributed by atoms with Crippen LogP contribution in [0.1, 0.15) is 33.1 Å². The average Bonchev–Trinajstić information content (AvgIpc) is 2.58. The molecular formula is C15H29N5O6. The minimum atomic E-state index is -1.28. The molecule has 150 valence electrons. The topological polar surface area (TPSA) is 197 Å². The third kappa shape index (κ3) is 8.74. The minimum Gasteiger partial charge on any atom is -0.480 e. The van der Waals surface area contributed by atoms with Gasteiger partial charge in [0, 0.05) is 0 Å². The zero-order valence-corrected chi connectivity index (χ0v) is 15.0. The number of carboxylic acid groups (broad SMARTS) is 1. The van der Waals surface area contributed by atoms with Crippen LogP contribution < -0.4 is 27.4 Å². The molecule has 26 heavy (non-hydrogen) atoms. The second-order valence-electron chi connectivity index (χ2n) is 5.93. The van der Waals surface area contributed by atoms with Gasteiger partial charge in [0.2, 0.25) is 17.7 Å². The second kappa shape index (κ2) is 12.2. The van der Waals surface area contributed by atoms with E-state index in [4.69, 9.17) is 16.6 Å². The lowest BCUT2D eigenvalue weighted by atomic mass is 10.1. The fourth-order valence-corrected chi connectivity index (χ4v) is 1.89. The minimum absolute atomic E-state index is 0.384. The van der Waals surface area contributed by atoms with Crippen molar-refractivity contribution in [3.63, 3.8) is 0 Å². The Morgan fingerprint density at radius 3 is 2.00 bits per heavy atom. The molecule has 0 spiro atoms. The third-order valence-electron chi connectivity index (χ3n) is 3.60. The summed E-state index contributed by atoms with van der Waals surface area (Å²) in [6.45, 7) is 2.41. The molecular weight excluding hydrogens is 346 g/mol. The van der Waals surface area contributed by atoms with Crippen molar-refractivity contribution >= 4 is 23.7 Å². The van der Waals surface area contributed by atoms with Crippen LogP contribution in [-0.2, 0) is 19.2 Å². The van der Waals surface area contributed by atoms with Crippen LogP contribution in [-0.4, -0.2) is 71.2 Å². The van der Waals surface area contributed by atoms with Gasteiger partial charge >= 0.3 is 5.97 Å². The molecule has 0 heterocycles. The Bertz CT molecular complexity index is 501. The molecule has 4 unspecified atom stereocenters. The summed E-state index contributed by atoms with van der Waals surface area (Å²) in [5.74, 6) is -3.33. The van der Waals surface area contributed by atoms with E-state index in [2.05, 4.69) is 16.0 Å². The maximum atomic E-state index is 12.1. The van der Waals surface area contributed by atoms with Gasteiger partial charge in [-0.3, -0.25) is 19.2 Å². The SMILES string of the molecule is CC(NC(=O)C(C)NC(=O)C(CO)NC(=O)C(N)CCCCN)C(=O)O. The number of aliphatic hydroxyl groups is 1. The van der Waals surface area contributed by atoms with E-state index < -0.39 is 54.5 Å². The number of aliphatic hydroxyl groups excluding tert-OH is 1. The summed E-state index contributed by atoms with van der Waals surface area (Å²) in [7, 11) is 0. The maximum Gasteiger partial charge on any atom is 0.325 e. The Kier molecular flexibility index (Phi) is 11.1. The van der Waals surface area contributed by atoms with Crippen molar-refractivity contribution in [1.82, 2.24) is 16.0 Å². The molecule has 0 aliphatic carbocycles. The summed E-state index contributed by atoms with van der Waals surface area (Å²) < 4.78 is 0. The van der Waals surface area contributed by atoms with Crippen LogP contribution in [0.15, 0.2) is 0 Å². The first-order valence-corrected chi connectivity index (χ1v) is 8.34. The van der Waals surface area contributed by atoms with E-state index in [0.29, 0.717) is 25.8 Å². The van der Waals surface area contributed by atoms with E-state index in [9.17, 15) is 24.3 Å². The lowest BCUT2D eigenvalue weighted by Crippen LogP contribution is -2.57. The largest absolute Gasteiger partial charge is 0.480 e. The maximum absolute atomic E-state index is 12.1. The Balaban J connectivity index is 4.56. The Labute approximate surface area is 151 Å². The van der Waals surface area contributed by atoms with Gasteiger partial charge in [-0.25, -0.2) is 0 Å². The van der Waals surface area contributed by atoms with Crippen LogP contribution in [0.4, 0.5) is 0 Å². The lowest BCUT2D eigenvalue weighted by molar-refractivity contribution is -0.141. The molecule has 0 rings (SSSR count). The third-order valence-corrected chi connectivity index (χ3v) is 3.60. The van der Waals surface area contributed by atoms with Crippen molar-refractivity contribution in [3.05, 3.63) is 0 Å². The molecule has 0 aliphatic rings. The molecule has 0 bridgehead atoms. The van der Waals surface area contributed by atoms with Crippen LogP contribution in [0.2, 0.25) is 0 Å². The number of unbranched alkanes of at least 4 members (excludes halogenated alkanes) is 1. The van der Waals surface area contributed by atoms with Crippen molar-refractivity contribution in [3.8, 4) is 0 Å². The first kappa shape index (κ1) is 23.8. The van der Waals surface area contributed by atoms with Gasteiger partial charge in [0.25, 0.3) is 0 Å². The Morgan fingerprint density at radius 1 is 0.923 bits per heavy atom. The highest BCUT2D eigenvalue weighted by Crippen LogP contribution is 1.99. The Hall–Kier alpha value is -2.24. The molecule has 11 nitrogen and oxygen atoms in total. The van der Waals surface area contributed by atoms with Crippen LogP contribution in [0.25, 0.3) is 0 Å². The van der Waals surface area contributed by atoms with Gasteiger partial charge in [0.15, 0.2) is 0 Å². The zero-order valence-electron chi connectivity index (χ0n) is 15.0. The van der Waals surface area contributed by atoms with Gasteiger partial charge in [0.1, 0.15) is 18.1 Å². The number of carbonyl (C=O) groups excluding carboxylic acids is 3. The number of carbonyl (C=O) groups is 4. The van der Waals surface area contributed by atoms with Gasteiger partial charge in [-0.05, 0) is 33.2 Å². The van der Waals surface area contributed by atoms with Crippen LogP contribution >= 0.6 is 0 Å². The first-order chi connectivity index (χ1) is 12.1. The van der Waals surface area contributed by atoms with E-state index in [0.717, 1.165) is 0 Å². The highest BCUT2D eigenvalue weighted by atomic mass is 16.4. The smallest absolute Gasteiger partial charge is 0.325 e. The highest BCUT2D eigenvalue weighted by Gasteiger charge is 2.26. The summed E-state index contributed by atoms with van der Waals surface area (Å²) in [4.78, 5) is 46.6.